The summed E-state index contributed by atoms with van der Waals surface area (Å²) < 4.78 is 21.6. The number of carbonyl (C=O) groups excluding carboxylic acids is 2. The van der Waals surface area contributed by atoms with Crippen molar-refractivity contribution in [1.82, 2.24) is 0 Å². The largest absolute Gasteiger partial charge is 0.496 e. The van der Waals surface area contributed by atoms with Gasteiger partial charge in [0.05, 0.1) is 19.6 Å². The summed E-state index contributed by atoms with van der Waals surface area (Å²) in [6.07, 6.45) is 2.04. The molecule has 0 radical (unpaired) electrons. The zero-order valence-electron chi connectivity index (χ0n) is 17.3. The molecule has 31 heavy (non-hydrogen) atoms. The second kappa shape index (κ2) is 10.6. The van der Waals surface area contributed by atoms with Crippen LogP contribution in [0.2, 0.25) is 0 Å². The molecule has 0 unspecified atom stereocenters. The molecule has 1 aliphatic heterocycles. The number of hydrogen-bond acceptors (Lipinski definition) is 8. The number of thioether (sulfide) groups is 1. The van der Waals surface area contributed by atoms with Gasteiger partial charge in [0.2, 0.25) is 0 Å². The number of anilines is 1. The Morgan fingerprint density at radius 1 is 1.16 bits per heavy atom. The Balaban J connectivity index is 1.73. The van der Waals surface area contributed by atoms with Crippen LogP contribution in [0.25, 0.3) is 0 Å². The average Bonchev–Trinajstić information content (AvgIpc) is 2.82. The fourth-order valence-corrected chi connectivity index (χ4v) is 3.44. The second-order valence-corrected chi connectivity index (χ2v) is 7.30. The molecule has 0 spiro atoms. The molecule has 1 aliphatic rings. The van der Waals surface area contributed by atoms with Gasteiger partial charge in [0.25, 0.3) is 5.91 Å². The summed E-state index contributed by atoms with van der Waals surface area (Å²) in [7, 11) is 1.47. The number of nitriles is 1. The molecule has 0 aliphatic carbocycles. The van der Waals surface area contributed by atoms with Gasteiger partial charge in [-0.2, -0.15) is 5.26 Å². The standard InChI is InChI=1S/C22H22N2O6S/c1-27-19-13-16(31-2)5-6-17(19)22(26)30-14-21(25)24(9-3-8-23)15-4-7-18-20(12-15)29-11-10-28-18/h4-7,12-13H,3,9-11,14H2,1-2H3. The van der Waals surface area contributed by atoms with E-state index in [1.807, 2.05) is 12.3 Å². The van der Waals surface area contributed by atoms with E-state index in [-0.39, 0.29) is 18.5 Å². The van der Waals surface area contributed by atoms with E-state index in [9.17, 15) is 9.59 Å². The molecule has 1 amide bonds. The van der Waals surface area contributed by atoms with E-state index in [4.69, 9.17) is 24.2 Å². The minimum Gasteiger partial charge on any atom is -0.496 e. The van der Waals surface area contributed by atoms with E-state index in [0.29, 0.717) is 36.1 Å². The predicted octanol–water partition coefficient (Wildman–Crippen LogP) is 3.29. The summed E-state index contributed by atoms with van der Waals surface area (Å²) in [5.74, 6) is 0.363. The van der Waals surface area contributed by atoms with E-state index in [1.54, 1.807) is 36.4 Å². The summed E-state index contributed by atoms with van der Waals surface area (Å²) in [4.78, 5) is 27.7. The van der Waals surface area contributed by atoms with Gasteiger partial charge in [-0.1, -0.05) is 0 Å². The number of ether oxygens (including phenoxy) is 4. The highest BCUT2D eigenvalue weighted by Crippen LogP contribution is 2.34. The van der Waals surface area contributed by atoms with Crippen LogP contribution in [0.4, 0.5) is 5.69 Å². The first kappa shape index (κ1) is 22.3. The first-order valence-electron chi connectivity index (χ1n) is 9.53. The molecule has 0 saturated carbocycles. The van der Waals surface area contributed by atoms with Crippen molar-refractivity contribution in [2.45, 2.75) is 11.3 Å². The van der Waals surface area contributed by atoms with Crippen molar-refractivity contribution in [3.05, 3.63) is 42.0 Å². The second-order valence-electron chi connectivity index (χ2n) is 6.42. The Morgan fingerprint density at radius 3 is 2.65 bits per heavy atom. The molecule has 0 atom stereocenters. The lowest BCUT2D eigenvalue weighted by Crippen LogP contribution is -2.35. The third kappa shape index (κ3) is 5.41. The van der Waals surface area contributed by atoms with E-state index >= 15 is 0 Å². The maximum Gasteiger partial charge on any atom is 0.342 e. The van der Waals surface area contributed by atoms with Crippen molar-refractivity contribution in [2.75, 3.05) is 44.6 Å². The minimum atomic E-state index is -0.666. The topological polar surface area (TPSA) is 98.1 Å². The van der Waals surface area contributed by atoms with Crippen LogP contribution in [0.5, 0.6) is 17.2 Å². The number of amides is 1. The smallest absolute Gasteiger partial charge is 0.342 e. The van der Waals surface area contributed by atoms with Gasteiger partial charge < -0.3 is 23.8 Å². The van der Waals surface area contributed by atoms with Gasteiger partial charge >= 0.3 is 5.97 Å². The monoisotopic (exact) mass is 442 g/mol. The summed E-state index contributed by atoms with van der Waals surface area (Å²) in [6.45, 7) is 0.544. The Labute approximate surface area is 184 Å². The number of benzene rings is 2. The molecule has 0 aromatic heterocycles. The predicted molar refractivity (Wildman–Crippen MR) is 115 cm³/mol. The van der Waals surface area contributed by atoms with Gasteiger partial charge in [0.1, 0.15) is 24.5 Å². The normalized spacial score (nSPS) is 11.9. The van der Waals surface area contributed by atoms with Crippen LogP contribution in [0.3, 0.4) is 0 Å². The number of methoxy groups -OCH3 is 1. The Hall–Kier alpha value is -3.38. The molecule has 162 valence electrons. The molecule has 9 heteroatoms. The lowest BCUT2D eigenvalue weighted by Gasteiger charge is -2.24. The van der Waals surface area contributed by atoms with Crippen LogP contribution in [-0.2, 0) is 9.53 Å². The molecule has 1 heterocycles. The maximum atomic E-state index is 12.8. The lowest BCUT2D eigenvalue weighted by atomic mass is 10.2. The number of hydrogen-bond donors (Lipinski definition) is 0. The molecular weight excluding hydrogens is 420 g/mol. The number of esters is 1. The van der Waals surface area contributed by atoms with Gasteiger partial charge in [0.15, 0.2) is 18.1 Å². The lowest BCUT2D eigenvalue weighted by molar-refractivity contribution is -0.121. The van der Waals surface area contributed by atoms with E-state index in [2.05, 4.69) is 0 Å². The maximum absolute atomic E-state index is 12.8. The Kier molecular flexibility index (Phi) is 7.62. The van der Waals surface area contributed by atoms with Crippen molar-refractivity contribution >= 4 is 29.3 Å². The van der Waals surface area contributed by atoms with E-state index < -0.39 is 18.5 Å². The van der Waals surface area contributed by atoms with Gasteiger partial charge in [-0.25, -0.2) is 4.79 Å². The summed E-state index contributed by atoms with van der Waals surface area (Å²) in [6, 6.07) is 12.2. The Bertz CT molecular complexity index is 1000. The zero-order chi connectivity index (χ0) is 22.2. The van der Waals surface area contributed by atoms with Gasteiger partial charge in [0, 0.05) is 23.2 Å². The summed E-state index contributed by atoms with van der Waals surface area (Å²) >= 11 is 1.52. The molecule has 0 saturated heterocycles. The van der Waals surface area contributed by atoms with Crippen molar-refractivity contribution < 1.29 is 28.5 Å². The van der Waals surface area contributed by atoms with Crippen LogP contribution in [0.15, 0.2) is 41.3 Å². The Morgan fingerprint density at radius 2 is 1.94 bits per heavy atom. The van der Waals surface area contributed by atoms with Crippen molar-refractivity contribution in [3.8, 4) is 23.3 Å². The zero-order valence-corrected chi connectivity index (χ0v) is 18.1. The number of rotatable bonds is 8. The molecule has 3 rings (SSSR count). The SMILES string of the molecule is COc1cc(SC)ccc1C(=O)OCC(=O)N(CCC#N)c1ccc2c(c1)OCCO2. The van der Waals surface area contributed by atoms with E-state index in [1.165, 1.54) is 23.8 Å². The molecule has 2 aromatic carbocycles. The fraction of sp³-hybridized carbons (Fsp3) is 0.318. The highest BCUT2D eigenvalue weighted by molar-refractivity contribution is 7.98. The molecule has 8 nitrogen and oxygen atoms in total. The quantitative estimate of drug-likeness (QED) is 0.454. The third-order valence-corrected chi connectivity index (χ3v) is 5.27. The minimum absolute atomic E-state index is 0.123. The van der Waals surface area contributed by atoms with Crippen LogP contribution in [0.1, 0.15) is 16.8 Å². The van der Waals surface area contributed by atoms with Gasteiger partial charge in [-0.15, -0.1) is 11.8 Å². The van der Waals surface area contributed by atoms with Crippen molar-refractivity contribution in [1.29, 1.82) is 5.26 Å². The van der Waals surface area contributed by atoms with Crippen LogP contribution in [-0.4, -0.2) is 51.6 Å². The van der Waals surface area contributed by atoms with Crippen LogP contribution in [0, 0.1) is 11.3 Å². The molecule has 2 aromatic rings. The van der Waals surface area contributed by atoms with Crippen molar-refractivity contribution in [3.63, 3.8) is 0 Å². The average molecular weight is 442 g/mol. The van der Waals surface area contributed by atoms with Crippen LogP contribution >= 0.6 is 11.8 Å². The van der Waals surface area contributed by atoms with Crippen molar-refractivity contribution in [2.24, 2.45) is 0 Å². The number of carbonyl (C=O) groups is 2. The van der Waals surface area contributed by atoms with E-state index in [0.717, 1.165) is 4.90 Å². The molecule has 0 bridgehead atoms. The highest BCUT2D eigenvalue weighted by Gasteiger charge is 2.22. The highest BCUT2D eigenvalue weighted by atomic mass is 32.2. The third-order valence-electron chi connectivity index (χ3n) is 4.54. The van der Waals surface area contributed by atoms with Gasteiger partial charge in [-0.3, -0.25) is 4.79 Å². The molecule has 0 fully saturated rings. The summed E-state index contributed by atoms with van der Waals surface area (Å²) in [5.41, 5.74) is 0.762. The fourth-order valence-electron chi connectivity index (χ4n) is 3.01. The summed E-state index contributed by atoms with van der Waals surface area (Å²) in [5, 5.41) is 8.97. The first-order valence-corrected chi connectivity index (χ1v) is 10.8. The first-order chi connectivity index (χ1) is 15.1. The van der Waals surface area contributed by atoms with Crippen LogP contribution < -0.4 is 19.1 Å². The van der Waals surface area contributed by atoms with Gasteiger partial charge in [-0.05, 0) is 36.6 Å². The number of fused-ring (bicyclic) bond motifs is 1. The molecular formula is C22H22N2O6S. The molecule has 0 N–H and O–H groups in total. The number of nitrogens with zero attached hydrogens (tertiary/aromatic N) is 2.